The number of aromatic nitrogens is 2. The van der Waals surface area contributed by atoms with Gasteiger partial charge in [-0.15, -0.1) is 0 Å². The van der Waals surface area contributed by atoms with Crippen molar-refractivity contribution in [3.8, 4) is 0 Å². The SMILES string of the molecule is CC(C)C(N)CNc1nccn(C(C)(C)C)c1=O. The molecule has 0 aromatic carbocycles. The van der Waals surface area contributed by atoms with E-state index in [-0.39, 0.29) is 17.1 Å². The lowest BCUT2D eigenvalue weighted by Crippen LogP contribution is -2.38. The third kappa shape index (κ3) is 3.57. The average molecular weight is 252 g/mol. The number of nitrogens with two attached hydrogens (primary N) is 1. The third-order valence-electron chi connectivity index (χ3n) is 2.92. The summed E-state index contributed by atoms with van der Waals surface area (Å²) in [5, 5.41) is 3.04. The fourth-order valence-electron chi connectivity index (χ4n) is 1.51. The molecule has 0 bridgehead atoms. The Balaban J connectivity index is 2.89. The topological polar surface area (TPSA) is 72.9 Å². The summed E-state index contributed by atoms with van der Waals surface area (Å²) in [7, 11) is 0. The van der Waals surface area contributed by atoms with Gasteiger partial charge in [-0.1, -0.05) is 13.8 Å². The standard InChI is InChI=1S/C13H24N4O/c1-9(2)10(14)8-16-11-12(18)17(7-6-15-11)13(3,4)5/h6-7,9-10H,8,14H2,1-5H3,(H,15,16). The van der Waals surface area contributed by atoms with Gasteiger partial charge in [0.1, 0.15) is 0 Å². The van der Waals surface area contributed by atoms with E-state index in [0.717, 1.165) is 0 Å². The van der Waals surface area contributed by atoms with E-state index in [1.165, 1.54) is 0 Å². The second-order valence-electron chi connectivity index (χ2n) is 5.91. The number of nitrogens with zero attached hydrogens (tertiary/aromatic N) is 2. The molecule has 0 saturated heterocycles. The molecule has 102 valence electrons. The molecule has 1 unspecified atom stereocenters. The Morgan fingerprint density at radius 3 is 2.56 bits per heavy atom. The minimum Gasteiger partial charge on any atom is -0.364 e. The summed E-state index contributed by atoms with van der Waals surface area (Å²) in [5.41, 5.74) is 5.58. The summed E-state index contributed by atoms with van der Waals surface area (Å²) >= 11 is 0. The maximum atomic E-state index is 12.2. The van der Waals surface area contributed by atoms with Gasteiger partial charge in [0.15, 0.2) is 5.82 Å². The molecule has 0 aliphatic rings. The fourth-order valence-corrected chi connectivity index (χ4v) is 1.51. The quantitative estimate of drug-likeness (QED) is 0.849. The van der Waals surface area contributed by atoms with Crippen LogP contribution in [0.4, 0.5) is 5.82 Å². The molecule has 0 aliphatic heterocycles. The van der Waals surface area contributed by atoms with E-state index in [4.69, 9.17) is 5.73 Å². The summed E-state index contributed by atoms with van der Waals surface area (Å²) in [6.07, 6.45) is 3.34. The van der Waals surface area contributed by atoms with E-state index in [1.54, 1.807) is 17.0 Å². The summed E-state index contributed by atoms with van der Waals surface area (Å²) in [6, 6.07) is 0.00879. The molecule has 0 saturated carbocycles. The monoisotopic (exact) mass is 252 g/mol. The van der Waals surface area contributed by atoms with Crippen molar-refractivity contribution < 1.29 is 0 Å². The summed E-state index contributed by atoms with van der Waals surface area (Å²) < 4.78 is 1.67. The molecule has 3 N–H and O–H groups in total. The Kier molecular flexibility index (Phi) is 4.51. The first kappa shape index (κ1) is 14.7. The molecule has 1 heterocycles. The Hall–Kier alpha value is -1.36. The third-order valence-corrected chi connectivity index (χ3v) is 2.92. The number of rotatable bonds is 4. The van der Waals surface area contributed by atoms with Crippen molar-refractivity contribution in [1.82, 2.24) is 9.55 Å². The van der Waals surface area contributed by atoms with Crippen molar-refractivity contribution >= 4 is 5.82 Å². The predicted molar refractivity (Wildman–Crippen MR) is 74.8 cm³/mol. The lowest BCUT2D eigenvalue weighted by Gasteiger charge is -2.23. The van der Waals surface area contributed by atoms with Crippen molar-refractivity contribution in [3.05, 3.63) is 22.7 Å². The maximum absolute atomic E-state index is 12.2. The van der Waals surface area contributed by atoms with Gasteiger partial charge >= 0.3 is 0 Å². The van der Waals surface area contributed by atoms with Gasteiger partial charge in [-0.25, -0.2) is 4.98 Å². The van der Waals surface area contributed by atoms with Gasteiger partial charge in [0.2, 0.25) is 0 Å². The van der Waals surface area contributed by atoms with Crippen LogP contribution in [0.5, 0.6) is 0 Å². The Morgan fingerprint density at radius 1 is 1.44 bits per heavy atom. The van der Waals surface area contributed by atoms with Crippen LogP contribution in [0.15, 0.2) is 17.2 Å². The van der Waals surface area contributed by atoms with Crippen LogP contribution in [0.1, 0.15) is 34.6 Å². The molecule has 1 rings (SSSR count). The zero-order valence-corrected chi connectivity index (χ0v) is 11.9. The Labute approximate surface area is 108 Å². The predicted octanol–water partition coefficient (Wildman–Crippen LogP) is 1.39. The van der Waals surface area contributed by atoms with E-state index in [9.17, 15) is 4.79 Å². The van der Waals surface area contributed by atoms with Crippen LogP contribution in [0, 0.1) is 5.92 Å². The molecule has 1 aromatic heterocycles. The van der Waals surface area contributed by atoms with E-state index in [2.05, 4.69) is 24.1 Å². The zero-order chi connectivity index (χ0) is 13.9. The summed E-state index contributed by atoms with van der Waals surface area (Å²) in [6.45, 7) is 10.6. The molecule has 1 atom stereocenters. The van der Waals surface area contributed by atoms with Crippen LogP contribution >= 0.6 is 0 Å². The molecular formula is C13H24N4O. The van der Waals surface area contributed by atoms with Crippen molar-refractivity contribution in [2.75, 3.05) is 11.9 Å². The Morgan fingerprint density at radius 2 is 2.06 bits per heavy atom. The highest BCUT2D eigenvalue weighted by Gasteiger charge is 2.17. The van der Waals surface area contributed by atoms with Crippen LogP contribution < -0.4 is 16.6 Å². The molecule has 0 radical (unpaired) electrons. The second kappa shape index (κ2) is 5.52. The van der Waals surface area contributed by atoms with E-state index in [1.807, 2.05) is 20.8 Å². The number of hydrogen-bond acceptors (Lipinski definition) is 4. The first-order valence-corrected chi connectivity index (χ1v) is 6.31. The van der Waals surface area contributed by atoms with Crippen LogP contribution in [-0.4, -0.2) is 22.1 Å². The van der Waals surface area contributed by atoms with Crippen molar-refractivity contribution in [1.29, 1.82) is 0 Å². The van der Waals surface area contributed by atoms with Crippen LogP contribution in [0.25, 0.3) is 0 Å². The van der Waals surface area contributed by atoms with Gasteiger partial charge in [0.25, 0.3) is 5.56 Å². The van der Waals surface area contributed by atoms with E-state index >= 15 is 0 Å². The highest BCUT2D eigenvalue weighted by Crippen LogP contribution is 2.10. The largest absolute Gasteiger partial charge is 0.364 e. The highest BCUT2D eigenvalue weighted by atomic mass is 16.1. The van der Waals surface area contributed by atoms with E-state index in [0.29, 0.717) is 18.3 Å². The molecule has 0 spiro atoms. The first-order chi connectivity index (χ1) is 8.23. The van der Waals surface area contributed by atoms with Gasteiger partial charge in [-0.2, -0.15) is 0 Å². The highest BCUT2D eigenvalue weighted by molar-refractivity contribution is 5.31. The van der Waals surface area contributed by atoms with Crippen molar-refractivity contribution in [3.63, 3.8) is 0 Å². The van der Waals surface area contributed by atoms with Crippen molar-refractivity contribution in [2.24, 2.45) is 11.7 Å². The molecule has 5 heteroatoms. The van der Waals surface area contributed by atoms with Gasteiger partial charge in [0, 0.05) is 30.5 Å². The summed E-state index contributed by atoms with van der Waals surface area (Å²) in [5.74, 6) is 0.731. The molecule has 1 aromatic rings. The summed E-state index contributed by atoms with van der Waals surface area (Å²) in [4.78, 5) is 16.3. The molecule has 5 nitrogen and oxygen atoms in total. The van der Waals surface area contributed by atoms with Gasteiger partial charge < -0.3 is 15.6 Å². The number of anilines is 1. The van der Waals surface area contributed by atoms with Crippen LogP contribution in [0.2, 0.25) is 0 Å². The molecule has 0 amide bonds. The average Bonchev–Trinajstić information content (AvgIpc) is 2.25. The molecule has 18 heavy (non-hydrogen) atoms. The molecular weight excluding hydrogens is 228 g/mol. The van der Waals surface area contributed by atoms with Crippen LogP contribution in [-0.2, 0) is 5.54 Å². The number of hydrogen-bond donors (Lipinski definition) is 2. The minimum absolute atomic E-state index is 0.00879. The number of nitrogens with one attached hydrogen (secondary N) is 1. The normalized spacial score (nSPS) is 13.7. The lowest BCUT2D eigenvalue weighted by atomic mass is 10.1. The van der Waals surface area contributed by atoms with Gasteiger partial charge in [-0.05, 0) is 26.7 Å². The van der Waals surface area contributed by atoms with Crippen molar-refractivity contribution in [2.45, 2.75) is 46.2 Å². The smallest absolute Gasteiger partial charge is 0.293 e. The first-order valence-electron chi connectivity index (χ1n) is 6.31. The van der Waals surface area contributed by atoms with Crippen LogP contribution in [0.3, 0.4) is 0 Å². The lowest BCUT2D eigenvalue weighted by molar-refractivity contribution is 0.383. The fraction of sp³-hybridized carbons (Fsp3) is 0.692. The Bertz CT molecular complexity index is 445. The van der Waals surface area contributed by atoms with E-state index < -0.39 is 0 Å². The van der Waals surface area contributed by atoms with Gasteiger partial charge in [-0.3, -0.25) is 4.79 Å². The minimum atomic E-state index is -0.253. The second-order valence-corrected chi connectivity index (χ2v) is 5.91. The van der Waals surface area contributed by atoms with Gasteiger partial charge in [0.05, 0.1) is 0 Å². The molecule has 0 aliphatic carbocycles. The zero-order valence-electron chi connectivity index (χ0n) is 11.9. The maximum Gasteiger partial charge on any atom is 0.293 e. The molecule has 0 fully saturated rings.